The minimum Gasteiger partial charge on any atom is -0.480 e. The lowest BCUT2D eigenvalue weighted by molar-refractivity contribution is 0.0127. The summed E-state index contributed by atoms with van der Waals surface area (Å²) >= 11 is 7.04. The average Bonchev–Trinajstić information content (AvgIpc) is 0.811. The molecular weight excluding hydrogens is 1380 g/mol. The summed E-state index contributed by atoms with van der Waals surface area (Å²) in [5, 5.41) is 0.305. The number of imide groups is 2. The van der Waals surface area contributed by atoms with E-state index in [0.29, 0.717) is 68.6 Å². The van der Waals surface area contributed by atoms with Crippen molar-refractivity contribution in [1.29, 1.82) is 0 Å². The molecule has 5 aromatic heterocycles. The molecule has 3 aliphatic rings. The Morgan fingerprint density at radius 2 is 0.823 bits per heavy atom. The van der Waals surface area contributed by atoms with Crippen molar-refractivity contribution in [2.45, 2.75) is 154 Å². The molecule has 3 atom stereocenters. The van der Waals surface area contributed by atoms with Crippen LogP contribution in [-0.4, -0.2) is 170 Å². The van der Waals surface area contributed by atoms with Gasteiger partial charge >= 0.3 is 24.4 Å². The molecule has 0 bridgehead atoms. The van der Waals surface area contributed by atoms with Crippen LogP contribution in [0.3, 0.4) is 0 Å². The van der Waals surface area contributed by atoms with Crippen molar-refractivity contribution in [3.8, 4) is 11.8 Å². The molecule has 4 amide bonds. The average molecular weight is 1460 g/mol. The molecule has 0 radical (unpaired) electrons. The van der Waals surface area contributed by atoms with Gasteiger partial charge in [-0.2, -0.15) is 9.80 Å². The Morgan fingerprint density at radius 3 is 1.12 bits per heavy atom. The number of nitrogens with zero attached hydrogens (tertiary/aromatic N) is 12. The number of amidine groups is 3. The summed E-state index contributed by atoms with van der Waals surface area (Å²) < 4.78 is 75.2. The summed E-state index contributed by atoms with van der Waals surface area (Å²) in [6, 6.07) is 10.1. The van der Waals surface area contributed by atoms with Gasteiger partial charge in [-0.15, -0.1) is 0 Å². The molecule has 518 valence electrons. The number of ether oxygens (including phenoxy) is 6. The third-order valence-electron chi connectivity index (χ3n) is 13.3. The lowest BCUT2D eigenvalue weighted by atomic mass is 9.92. The normalized spacial score (nSPS) is 18.8. The number of pyridine rings is 3. The molecule has 0 fully saturated rings. The van der Waals surface area contributed by atoms with Crippen LogP contribution in [-0.2, 0) is 48.4 Å². The Morgan fingerprint density at radius 1 is 0.490 bits per heavy atom. The molecule has 8 heterocycles. The number of methoxy groups -OCH3 is 2. The van der Waals surface area contributed by atoms with Crippen molar-refractivity contribution < 1.29 is 70.4 Å². The maximum absolute atomic E-state index is 14.8. The number of thioether (sulfide) groups is 3. The van der Waals surface area contributed by atoms with Crippen molar-refractivity contribution in [1.82, 2.24) is 44.7 Å². The van der Waals surface area contributed by atoms with E-state index in [9.17, 15) is 41.9 Å². The van der Waals surface area contributed by atoms with Crippen LogP contribution in [0.25, 0.3) is 0 Å². The van der Waals surface area contributed by atoms with Crippen LogP contribution in [0.15, 0.2) is 99.2 Å². The van der Waals surface area contributed by atoms with Gasteiger partial charge in [-0.1, -0.05) is 51.2 Å². The fourth-order valence-electron chi connectivity index (χ4n) is 8.78. The highest BCUT2D eigenvalue weighted by Gasteiger charge is 2.45. The molecule has 0 aromatic carbocycles. The van der Waals surface area contributed by atoms with Crippen LogP contribution >= 0.6 is 51.2 Å². The first-order valence-electron chi connectivity index (χ1n) is 29.9. The van der Waals surface area contributed by atoms with Gasteiger partial charge in [0.05, 0.1) is 56.1 Å². The van der Waals surface area contributed by atoms with Crippen LogP contribution in [0.2, 0.25) is 0 Å². The van der Waals surface area contributed by atoms with E-state index in [1.54, 1.807) is 132 Å². The largest absolute Gasteiger partial charge is 0.480 e. The Bertz CT molecular complexity index is 3630. The van der Waals surface area contributed by atoms with Crippen LogP contribution in [0.4, 0.5) is 32.3 Å². The molecule has 3 aliphatic heterocycles. The Hall–Kier alpha value is -7.84. The standard InChI is InChI=1S/C27H34FN5O6S.C20H27BrFN3O4S.C17H18FN5O2S/c1-25(2,3)38-23(35)33(24(36)39-26(4,5)6)22-32-27(16-28,9-11-40-22)20-13-17(8-10-29-20)12-19(34)18-14-31-21(37-7)15-30-18;1-18(2,3)28-16(26)25(17(27)29-19(4,5)6)15-24-20(12-22,8-10-30-15)14-11-13(21)7-9-23-14;1-25-15-9-21-12(8-22-15)13(24)6-11-2-4-20-14(7-11)17(10-18)3-5-26-16(19)23-17/h8,10,13-15H,9,11-12,16H2,1-7H3;7,9,11H,8,10,12H2,1-6H3;2,4,7-9H,3,5-6,10H2,1H3,(H2,19,23)/t27-;20-;17-/m111/s1. The summed E-state index contributed by atoms with van der Waals surface area (Å²) in [6.07, 6.45) is 7.33. The van der Waals surface area contributed by atoms with Crippen molar-refractivity contribution >= 4 is 103 Å². The van der Waals surface area contributed by atoms with Gasteiger partial charge in [0.2, 0.25) is 11.8 Å². The molecule has 25 nitrogen and oxygen atoms in total. The van der Waals surface area contributed by atoms with E-state index < -0.39 is 83.4 Å². The first-order valence-corrected chi connectivity index (χ1v) is 33.7. The first-order chi connectivity index (χ1) is 45.0. The highest BCUT2D eigenvalue weighted by molar-refractivity contribution is 9.10. The number of rotatable bonds is 14. The molecule has 0 spiro atoms. The summed E-state index contributed by atoms with van der Waals surface area (Å²) in [6.45, 7) is 17.6. The number of aromatic nitrogens is 7. The molecule has 32 heteroatoms. The van der Waals surface area contributed by atoms with Crippen molar-refractivity contribution in [3.63, 3.8) is 0 Å². The van der Waals surface area contributed by atoms with Crippen molar-refractivity contribution in [3.05, 3.63) is 124 Å². The van der Waals surface area contributed by atoms with Crippen LogP contribution in [0.1, 0.15) is 152 Å². The number of hydrogen-bond acceptors (Lipinski definition) is 26. The highest BCUT2D eigenvalue weighted by Crippen LogP contribution is 2.41. The lowest BCUT2D eigenvalue weighted by Crippen LogP contribution is -2.48. The van der Waals surface area contributed by atoms with E-state index in [1.807, 2.05) is 0 Å². The zero-order chi connectivity index (χ0) is 71.0. The van der Waals surface area contributed by atoms with E-state index in [1.165, 1.54) is 57.0 Å². The number of alkyl halides is 3. The van der Waals surface area contributed by atoms with Crippen LogP contribution in [0.5, 0.6) is 11.8 Å². The number of aliphatic imine (C=N–C) groups is 3. The molecular formula is C64H79BrF3N13O12S3. The van der Waals surface area contributed by atoms with Gasteiger partial charge in [-0.05, 0) is 150 Å². The molecule has 96 heavy (non-hydrogen) atoms. The monoisotopic (exact) mass is 1450 g/mol. The number of nitrogens with two attached hydrogens (primary N) is 1. The zero-order valence-corrected chi connectivity index (χ0v) is 59.9. The predicted molar refractivity (Wildman–Crippen MR) is 363 cm³/mol. The second-order valence-corrected chi connectivity index (χ2v) is 29.8. The second-order valence-electron chi connectivity index (χ2n) is 25.7. The third-order valence-corrected chi connectivity index (χ3v) is 16.5. The molecule has 8 rings (SSSR count). The summed E-state index contributed by atoms with van der Waals surface area (Å²) in [5.74, 6) is 1.55. The van der Waals surface area contributed by atoms with Crippen LogP contribution in [0, 0.1) is 0 Å². The fraction of sp³-hybridized carbons (Fsp3) is 0.500. The third kappa shape index (κ3) is 21.8. The number of halogens is 4. The van der Waals surface area contributed by atoms with Gasteiger partial charge in [0.25, 0.3) is 0 Å². The van der Waals surface area contributed by atoms with Gasteiger partial charge < -0.3 is 34.2 Å². The fourth-order valence-corrected chi connectivity index (χ4v) is 12.3. The van der Waals surface area contributed by atoms with Crippen LogP contribution < -0.4 is 15.2 Å². The molecule has 2 N–H and O–H groups in total. The summed E-state index contributed by atoms with van der Waals surface area (Å²) in [5.41, 5.74) is 1.18. The second kappa shape index (κ2) is 32.9. The molecule has 0 saturated heterocycles. The van der Waals surface area contributed by atoms with Gasteiger partial charge in [0.15, 0.2) is 27.1 Å². The minimum absolute atomic E-state index is 0.0178. The van der Waals surface area contributed by atoms with E-state index in [0.717, 1.165) is 32.9 Å². The van der Waals surface area contributed by atoms with Gasteiger partial charge in [-0.3, -0.25) is 24.5 Å². The topological polar surface area (TPSA) is 318 Å². The number of ketones is 2. The molecule has 0 saturated carbocycles. The smallest absolute Gasteiger partial charge is 0.426 e. The van der Waals surface area contributed by atoms with E-state index in [2.05, 4.69) is 65.8 Å². The summed E-state index contributed by atoms with van der Waals surface area (Å²) in [7, 11) is 2.92. The van der Waals surface area contributed by atoms with E-state index in [4.69, 9.17) is 34.2 Å². The Kier molecular flexibility index (Phi) is 26.5. The zero-order valence-electron chi connectivity index (χ0n) is 55.9. The maximum Gasteiger partial charge on any atom is 0.426 e. The Balaban J connectivity index is 0.000000234. The van der Waals surface area contributed by atoms with E-state index >= 15 is 0 Å². The number of amides is 4. The number of carbonyl (C=O) groups excluding carboxylic acids is 6. The lowest BCUT2D eigenvalue weighted by Gasteiger charge is -2.34. The SMILES string of the molecule is CC(C)(C)OC(=O)N(C(=O)OC(C)(C)C)C1=N[C@](CF)(c2cc(Br)ccn2)CCS1.COc1cnc(C(=O)Cc2ccnc([C@]3(CF)CCSC(N(C(=O)OC(C)(C)C)C(=O)OC(C)(C)C)=N3)c2)cn1.COc1cnc(C(=O)Cc2ccnc([C@]3(CF)CCSC(N)=N3)c2)cn1. The maximum atomic E-state index is 14.8. The number of carbonyl (C=O) groups is 6. The van der Waals surface area contributed by atoms with Gasteiger partial charge in [-0.25, -0.2) is 67.3 Å². The van der Waals surface area contributed by atoms with Gasteiger partial charge in [0, 0.05) is 53.2 Å². The van der Waals surface area contributed by atoms with E-state index in [-0.39, 0.29) is 64.1 Å². The molecule has 0 unspecified atom stereocenters. The number of hydrogen-bond donors (Lipinski definition) is 1. The minimum atomic E-state index is -1.50. The van der Waals surface area contributed by atoms with Crippen molar-refractivity contribution in [2.75, 3.05) is 51.5 Å². The Labute approximate surface area is 576 Å². The molecule has 0 aliphatic carbocycles. The quantitative estimate of drug-likeness (QED) is 0.0797. The van der Waals surface area contributed by atoms with Gasteiger partial charge in [0.1, 0.15) is 70.4 Å². The highest BCUT2D eigenvalue weighted by atomic mass is 79.9. The summed E-state index contributed by atoms with van der Waals surface area (Å²) in [4.78, 5) is 121. The first kappa shape index (κ1) is 77.2. The predicted octanol–water partition coefficient (Wildman–Crippen LogP) is 12.7. The van der Waals surface area contributed by atoms with Crippen molar-refractivity contribution in [2.24, 2.45) is 20.7 Å². The molecule has 5 aromatic rings. The number of Topliss-reactive ketones (excluding diaryl/α,β-unsaturated/α-hetero) is 2.